The monoisotopic (exact) mass is 314 g/mol. The molecule has 0 bridgehead atoms. The van der Waals surface area contributed by atoms with Crippen molar-refractivity contribution in [2.45, 2.75) is 25.2 Å². The van der Waals surface area contributed by atoms with E-state index in [4.69, 9.17) is 14.2 Å². The molecular formula is C19H19FO3. The minimum Gasteiger partial charge on any atom is -0.453 e. The molecule has 3 nitrogen and oxygen atoms in total. The number of rotatable bonds is 7. The topological polar surface area (TPSA) is 27.7 Å². The number of benzene rings is 2. The Bertz CT molecular complexity index is 647. The van der Waals surface area contributed by atoms with Crippen LogP contribution >= 0.6 is 0 Å². The largest absolute Gasteiger partial charge is 0.453 e. The highest BCUT2D eigenvalue weighted by molar-refractivity contribution is 5.23. The zero-order valence-corrected chi connectivity index (χ0v) is 12.8. The summed E-state index contributed by atoms with van der Waals surface area (Å²) in [5.41, 5.74) is 1.81. The smallest absolute Gasteiger partial charge is 0.276 e. The van der Waals surface area contributed by atoms with E-state index in [1.54, 1.807) is 12.1 Å². The minimum atomic E-state index is -0.946. The first-order valence-corrected chi connectivity index (χ1v) is 7.67. The van der Waals surface area contributed by atoms with E-state index >= 15 is 0 Å². The van der Waals surface area contributed by atoms with E-state index in [0.29, 0.717) is 25.2 Å². The maximum Gasteiger partial charge on any atom is 0.276 e. The Labute approximate surface area is 135 Å². The van der Waals surface area contributed by atoms with Gasteiger partial charge in [0.05, 0.1) is 6.61 Å². The van der Waals surface area contributed by atoms with Crippen molar-refractivity contribution in [1.29, 1.82) is 0 Å². The van der Waals surface area contributed by atoms with Crippen LogP contribution in [0.4, 0.5) is 4.39 Å². The average Bonchev–Trinajstić information content (AvgIpc) is 3.06. The van der Waals surface area contributed by atoms with Crippen molar-refractivity contribution in [3.63, 3.8) is 0 Å². The van der Waals surface area contributed by atoms with Crippen molar-refractivity contribution < 1.29 is 18.6 Å². The lowest BCUT2D eigenvalue weighted by Gasteiger charge is -2.28. The Morgan fingerprint density at radius 2 is 1.74 bits per heavy atom. The van der Waals surface area contributed by atoms with Gasteiger partial charge in [0, 0.05) is 18.6 Å². The molecule has 1 heterocycles. The van der Waals surface area contributed by atoms with Gasteiger partial charge in [0.15, 0.2) is 0 Å². The van der Waals surface area contributed by atoms with Crippen LogP contribution in [0, 0.1) is 5.82 Å². The van der Waals surface area contributed by atoms with Crippen molar-refractivity contribution in [2.75, 3.05) is 6.61 Å². The molecule has 4 heteroatoms. The highest BCUT2D eigenvalue weighted by Gasteiger charge is 2.37. The van der Waals surface area contributed by atoms with Crippen LogP contribution in [-0.4, -0.2) is 6.61 Å². The summed E-state index contributed by atoms with van der Waals surface area (Å²) in [4.78, 5) is 0. The van der Waals surface area contributed by atoms with Gasteiger partial charge in [-0.3, -0.25) is 0 Å². The molecule has 3 rings (SSSR count). The SMILES string of the molecule is Fc1cccc(C2(CCCOCc3ccccc3)OC=CO2)c1. The second-order valence-electron chi connectivity index (χ2n) is 5.41. The molecule has 0 saturated heterocycles. The molecule has 0 aromatic heterocycles. The molecule has 0 spiro atoms. The highest BCUT2D eigenvalue weighted by Crippen LogP contribution is 2.36. The lowest BCUT2D eigenvalue weighted by atomic mass is 10.0. The second-order valence-corrected chi connectivity index (χ2v) is 5.41. The summed E-state index contributed by atoms with van der Waals surface area (Å²) < 4.78 is 30.4. The van der Waals surface area contributed by atoms with Gasteiger partial charge in [-0.05, 0) is 24.1 Å². The predicted molar refractivity (Wildman–Crippen MR) is 84.7 cm³/mol. The molecule has 0 amide bonds. The average molecular weight is 314 g/mol. The van der Waals surface area contributed by atoms with E-state index < -0.39 is 5.79 Å². The second kappa shape index (κ2) is 7.29. The molecule has 0 fully saturated rings. The molecule has 23 heavy (non-hydrogen) atoms. The molecule has 120 valence electrons. The van der Waals surface area contributed by atoms with Gasteiger partial charge in [0.1, 0.15) is 18.3 Å². The molecule has 1 aliphatic heterocycles. The van der Waals surface area contributed by atoms with Crippen LogP contribution in [0.5, 0.6) is 0 Å². The third-order valence-electron chi connectivity index (χ3n) is 3.74. The van der Waals surface area contributed by atoms with Gasteiger partial charge in [-0.1, -0.05) is 42.5 Å². The normalized spacial score (nSPS) is 15.2. The van der Waals surface area contributed by atoms with E-state index in [9.17, 15) is 4.39 Å². The molecule has 2 aromatic carbocycles. The molecule has 2 aromatic rings. The molecule has 0 unspecified atom stereocenters. The number of hydrogen-bond acceptors (Lipinski definition) is 3. The lowest BCUT2D eigenvalue weighted by molar-refractivity contribution is -0.158. The van der Waals surface area contributed by atoms with Crippen molar-refractivity contribution in [1.82, 2.24) is 0 Å². The zero-order valence-electron chi connectivity index (χ0n) is 12.8. The predicted octanol–water partition coefficient (Wildman–Crippen LogP) is 4.49. The maximum absolute atomic E-state index is 13.5. The van der Waals surface area contributed by atoms with Crippen molar-refractivity contribution >= 4 is 0 Å². The van der Waals surface area contributed by atoms with Crippen LogP contribution in [-0.2, 0) is 26.6 Å². The van der Waals surface area contributed by atoms with Crippen LogP contribution in [0.3, 0.4) is 0 Å². The first kappa shape index (κ1) is 15.6. The van der Waals surface area contributed by atoms with Crippen LogP contribution in [0.15, 0.2) is 67.1 Å². The van der Waals surface area contributed by atoms with Gasteiger partial charge in [0.2, 0.25) is 0 Å². The van der Waals surface area contributed by atoms with E-state index in [-0.39, 0.29) is 5.82 Å². The molecule has 0 atom stereocenters. The molecule has 0 radical (unpaired) electrons. The number of halogens is 1. The standard InChI is InChI=1S/C19H19FO3/c20-18-9-4-8-17(14-18)19(22-12-13-23-19)10-5-11-21-15-16-6-2-1-3-7-16/h1-4,6-9,12-14H,5,10-11,15H2. The van der Waals surface area contributed by atoms with Gasteiger partial charge in [-0.15, -0.1) is 0 Å². The Morgan fingerprint density at radius 1 is 0.957 bits per heavy atom. The summed E-state index contributed by atoms with van der Waals surface area (Å²) in [5.74, 6) is -1.25. The zero-order chi connectivity index (χ0) is 16.0. The van der Waals surface area contributed by atoms with E-state index in [2.05, 4.69) is 0 Å². The third kappa shape index (κ3) is 3.90. The van der Waals surface area contributed by atoms with Gasteiger partial charge >= 0.3 is 0 Å². The fourth-order valence-electron chi connectivity index (χ4n) is 2.60. The summed E-state index contributed by atoms with van der Waals surface area (Å²) in [6, 6.07) is 16.3. The quantitative estimate of drug-likeness (QED) is 0.705. The molecular weight excluding hydrogens is 295 g/mol. The minimum absolute atomic E-state index is 0.304. The van der Waals surface area contributed by atoms with Gasteiger partial charge < -0.3 is 14.2 Å². The summed E-state index contributed by atoms with van der Waals surface area (Å²) in [7, 11) is 0. The highest BCUT2D eigenvalue weighted by atomic mass is 19.1. The lowest BCUT2D eigenvalue weighted by Crippen LogP contribution is -2.27. The first-order valence-electron chi connectivity index (χ1n) is 7.67. The molecule has 0 saturated carbocycles. The Kier molecular flexibility index (Phi) is 4.93. The summed E-state index contributed by atoms with van der Waals surface area (Å²) in [5, 5.41) is 0. The Hall–Kier alpha value is -2.33. The van der Waals surface area contributed by atoms with E-state index in [1.807, 2.05) is 30.3 Å². The number of hydrogen-bond donors (Lipinski definition) is 0. The van der Waals surface area contributed by atoms with Crippen molar-refractivity contribution in [3.8, 4) is 0 Å². The van der Waals surface area contributed by atoms with E-state index in [0.717, 1.165) is 12.0 Å². The summed E-state index contributed by atoms with van der Waals surface area (Å²) in [6.45, 7) is 1.16. The van der Waals surface area contributed by atoms with Gasteiger partial charge in [0.25, 0.3) is 5.79 Å². The van der Waals surface area contributed by atoms with E-state index in [1.165, 1.54) is 24.7 Å². The molecule has 0 N–H and O–H groups in total. The fraction of sp³-hybridized carbons (Fsp3) is 0.263. The van der Waals surface area contributed by atoms with Gasteiger partial charge in [-0.25, -0.2) is 4.39 Å². The van der Waals surface area contributed by atoms with Crippen LogP contribution in [0.25, 0.3) is 0 Å². The van der Waals surface area contributed by atoms with Crippen molar-refractivity contribution in [3.05, 3.63) is 84.1 Å². The first-order chi connectivity index (χ1) is 11.3. The number of ether oxygens (including phenoxy) is 3. The third-order valence-corrected chi connectivity index (χ3v) is 3.74. The molecule has 0 aliphatic carbocycles. The van der Waals surface area contributed by atoms with Crippen LogP contribution in [0.2, 0.25) is 0 Å². The molecule has 1 aliphatic rings. The summed E-state index contributed by atoms with van der Waals surface area (Å²) in [6.07, 6.45) is 4.31. The summed E-state index contributed by atoms with van der Waals surface area (Å²) >= 11 is 0. The van der Waals surface area contributed by atoms with Crippen LogP contribution < -0.4 is 0 Å². The van der Waals surface area contributed by atoms with Gasteiger partial charge in [-0.2, -0.15) is 0 Å². The fourth-order valence-corrected chi connectivity index (χ4v) is 2.60. The Morgan fingerprint density at radius 3 is 2.48 bits per heavy atom. The maximum atomic E-state index is 13.5. The van der Waals surface area contributed by atoms with Crippen LogP contribution in [0.1, 0.15) is 24.0 Å². The van der Waals surface area contributed by atoms with Crippen molar-refractivity contribution in [2.24, 2.45) is 0 Å². The Balaban J connectivity index is 1.52.